The Kier molecular flexibility index (Phi) is 4.69. The van der Waals surface area contributed by atoms with Gasteiger partial charge < -0.3 is 10.5 Å². The number of carbonyl (C=O) groups excluding carboxylic acids is 1. The molecule has 0 unspecified atom stereocenters. The van der Waals surface area contributed by atoms with E-state index in [4.69, 9.17) is 5.73 Å². The van der Waals surface area contributed by atoms with Crippen LogP contribution >= 0.6 is 11.8 Å². The second-order valence-electron chi connectivity index (χ2n) is 4.74. The average molecular weight is 283 g/mol. The Balaban J connectivity index is 2.21. The first kappa shape index (κ1) is 14.2. The van der Waals surface area contributed by atoms with Crippen LogP contribution in [0.25, 0.3) is 0 Å². The van der Waals surface area contributed by atoms with Gasteiger partial charge in [0.25, 0.3) is 0 Å². The minimum atomic E-state index is -0.525. The first-order valence-corrected chi connectivity index (χ1v) is 7.33. The first-order valence-electron chi connectivity index (χ1n) is 6.46. The van der Waals surface area contributed by atoms with Crippen LogP contribution < -0.4 is 5.73 Å². The monoisotopic (exact) mass is 283 g/mol. The molecule has 0 atom stereocenters. The van der Waals surface area contributed by atoms with Gasteiger partial charge in [-0.15, -0.1) is 11.8 Å². The van der Waals surface area contributed by atoms with Gasteiger partial charge in [-0.2, -0.15) is 0 Å². The molecular weight excluding hydrogens is 265 g/mol. The number of ether oxygens (including phenoxy) is 1. The predicted octanol–water partition coefficient (Wildman–Crippen LogP) is 3.62. The molecule has 1 aliphatic rings. The number of benzene rings is 1. The number of nitrogen functional groups attached to an aromatic ring is 1. The number of halogens is 1. The lowest BCUT2D eigenvalue weighted by Gasteiger charge is -2.21. The third-order valence-corrected chi connectivity index (χ3v) is 4.73. The molecule has 104 valence electrons. The molecular formula is C14H18FNO2S. The van der Waals surface area contributed by atoms with Gasteiger partial charge >= 0.3 is 5.97 Å². The maximum atomic E-state index is 13.9. The molecule has 0 aliphatic heterocycles. The molecule has 2 N–H and O–H groups in total. The van der Waals surface area contributed by atoms with Crippen LogP contribution in [0, 0.1) is 5.82 Å². The summed E-state index contributed by atoms with van der Waals surface area (Å²) in [4.78, 5) is 12.0. The largest absolute Gasteiger partial charge is 0.465 e. The Morgan fingerprint density at radius 3 is 2.68 bits per heavy atom. The predicted molar refractivity (Wildman–Crippen MR) is 74.9 cm³/mol. The summed E-state index contributed by atoms with van der Waals surface area (Å²) in [6.45, 7) is 0. The quantitative estimate of drug-likeness (QED) is 0.680. The van der Waals surface area contributed by atoms with E-state index in [0.29, 0.717) is 10.1 Å². The van der Waals surface area contributed by atoms with Crippen molar-refractivity contribution in [2.24, 2.45) is 0 Å². The molecule has 1 fully saturated rings. The van der Waals surface area contributed by atoms with Crippen LogP contribution in [-0.2, 0) is 4.74 Å². The fourth-order valence-electron chi connectivity index (χ4n) is 2.31. The van der Waals surface area contributed by atoms with Crippen molar-refractivity contribution in [1.29, 1.82) is 0 Å². The van der Waals surface area contributed by atoms with Crippen LogP contribution in [-0.4, -0.2) is 18.3 Å². The van der Waals surface area contributed by atoms with Crippen LogP contribution in [0.4, 0.5) is 10.1 Å². The average Bonchev–Trinajstić information content (AvgIpc) is 2.42. The number of methoxy groups -OCH3 is 1. The lowest BCUT2D eigenvalue weighted by molar-refractivity contribution is 0.0601. The van der Waals surface area contributed by atoms with Gasteiger partial charge in [0.15, 0.2) is 0 Å². The number of rotatable bonds is 3. The second kappa shape index (κ2) is 6.28. The van der Waals surface area contributed by atoms with E-state index in [9.17, 15) is 9.18 Å². The number of esters is 1. The molecule has 0 heterocycles. The van der Waals surface area contributed by atoms with E-state index in [-0.39, 0.29) is 17.1 Å². The molecule has 0 amide bonds. The second-order valence-corrected chi connectivity index (χ2v) is 6.08. The number of hydrogen-bond donors (Lipinski definition) is 1. The molecule has 1 aromatic carbocycles. The van der Waals surface area contributed by atoms with Gasteiger partial charge in [-0.25, -0.2) is 9.18 Å². The van der Waals surface area contributed by atoms with E-state index in [2.05, 4.69) is 4.74 Å². The Morgan fingerprint density at radius 2 is 2.05 bits per heavy atom. The molecule has 5 heteroatoms. The van der Waals surface area contributed by atoms with Gasteiger partial charge in [0, 0.05) is 15.8 Å². The summed E-state index contributed by atoms with van der Waals surface area (Å²) in [5.74, 6) is -0.885. The van der Waals surface area contributed by atoms with Crippen molar-refractivity contribution in [3.63, 3.8) is 0 Å². The third kappa shape index (κ3) is 3.41. The minimum absolute atomic E-state index is 0.123. The standard InChI is InChI=1S/C14H18FNO2S/c1-18-14(17)10-7-13(11(15)8-12(10)16)19-9-5-3-2-4-6-9/h7-9H,2-6,16H2,1H3. The topological polar surface area (TPSA) is 52.3 Å². The maximum Gasteiger partial charge on any atom is 0.339 e. The molecule has 3 nitrogen and oxygen atoms in total. The number of thioether (sulfide) groups is 1. The highest BCUT2D eigenvalue weighted by Crippen LogP contribution is 2.36. The van der Waals surface area contributed by atoms with E-state index in [0.717, 1.165) is 12.8 Å². The lowest BCUT2D eigenvalue weighted by atomic mass is 10.0. The molecule has 0 spiro atoms. The number of hydrogen-bond acceptors (Lipinski definition) is 4. The van der Waals surface area contributed by atoms with Gasteiger partial charge in [0.1, 0.15) is 5.82 Å². The zero-order valence-corrected chi connectivity index (χ0v) is 11.8. The molecule has 0 saturated heterocycles. The van der Waals surface area contributed by atoms with E-state index >= 15 is 0 Å². The fraction of sp³-hybridized carbons (Fsp3) is 0.500. The fourth-order valence-corrected chi connectivity index (χ4v) is 3.59. The van der Waals surface area contributed by atoms with Gasteiger partial charge in [-0.1, -0.05) is 19.3 Å². The van der Waals surface area contributed by atoms with E-state index < -0.39 is 5.97 Å². The normalized spacial score (nSPS) is 16.3. The van der Waals surface area contributed by atoms with Crippen molar-refractivity contribution in [1.82, 2.24) is 0 Å². The van der Waals surface area contributed by atoms with Crippen molar-refractivity contribution in [2.75, 3.05) is 12.8 Å². The van der Waals surface area contributed by atoms with Crippen LogP contribution in [0.2, 0.25) is 0 Å². The summed E-state index contributed by atoms with van der Waals surface area (Å²) in [5.41, 5.74) is 6.01. The van der Waals surface area contributed by atoms with Crippen molar-refractivity contribution in [3.05, 3.63) is 23.5 Å². The summed E-state index contributed by atoms with van der Waals surface area (Å²) >= 11 is 1.50. The van der Waals surface area contributed by atoms with Crippen molar-refractivity contribution >= 4 is 23.4 Å². The number of anilines is 1. The van der Waals surface area contributed by atoms with Crippen LogP contribution in [0.1, 0.15) is 42.5 Å². The molecule has 0 radical (unpaired) electrons. The van der Waals surface area contributed by atoms with Crippen molar-refractivity contribution in [2.45, 2.75) is 42.2 Å². The highest BCUT2D eigenvalue weighted by molar-refractivity contribution is 8.00. The minimum Gasteiger partial charge on any atom is -0.465 e. The Hall–Kier alpha value is -1.23. The van der Waals surface area contributed by atoms with Gasteiger partial charge in [-0.3, -0.25) is 0 Å². The highest BCUT2D eigenvalue weighted by atomic mass is 32.2. The Bertz CT molecular complexity index is 473. The number of nitrogens with two attached hydrogens (primary N) is 1. The summed E-state index contributed by atoms with van der Waals surface area (Å²) < 4.78 is 18.6. The van der Waals surface area contributed by atoms with Gasteiger partial charge in [0.05, 0.1) is 12.7 Å². The van der Waals surface area contributed by atoms with Crippen LogP contribution in [0.5, 0.6) is 0 Å². The maximum absolute atomic E-state index is 13.9. The Labute approximate surface area is 116 Å². The SMILES string of the molecule is COC(=O)c1cc(SC2CCCCC2)c(F)cc1N. The number of carbonyl (C=O) groups is 1. The van der Waals surface area contributed by atoms with Crippen LogP contribution in [0.3, 0.4) is 0 Å². The molecule has 0 aromatic heterocycles. The summed E-state index contributed by atoms with van der Waals surface area (Å²) in [7, 11) is 1.29. The first-order chi connectivity index (χ1) is 9.11. The molecule has 1 aliphatic carbocycles. The summed E-state index contributed by atoms with van der Waals surface area (Å²) in [6.07, 6.45) is 5.84. The van der Waals surface area contributed by atoms with Crippen molar-refractivity contribution in [3.8, 4) is 0 Å². The van der Waals surface area contributed by atoms with Gasteiger partial charge in [-0.05, 0) is 25.0 Å². The molecule has 1 aromatic rings. The van der Waals surface area contributed by atoms with Crippen LogP contribution in [0.15, 0.2) is 17.0 Å². The molecule has 2 rings (SSSR count). The zero-order chi connectivity index (χ0) is 13.8. The summed E-state index contributed by atoms with van der Waals surface area (Å²) in [6, 6.07) is 2.72. The third-order valence-electron chi connectivity index (χ3n) is 3.36. The van der Waals surface area contributed by atoms with E-state index in [1.54, 1.807) is 0 Å². The van der Waals surface area contributed by atoms with E-state index in [1.807, 2.05) is 0 Å². The smallest absolute Gasteiger partial charge is 0.339 e. The highest BCUT2D eigenvalue weighted by Gasteiger charge is 2.19. The Morgan fingerprint density at radius 1 is 1.37 bits per heavy atom. The van der Waals surface area contributed by atoms with Crippen molar-refractivity contribution < 1.29 is 13.9 Å². The molecule has 0 bridgehead atoms. The zero-order valence-electron chi connectivity index (χ0n) is 10.9. The van der Waals surface area contributed by atoms with E-state index in [1.165, 1.54) is 50.3 Å². The van der Waals surface area contributed by atoms with Gasteiger partial charge in [0.2, 0.25) is 0 Å². The molecule has 19 heavy (non-hydrogen) atoms. The summed E-state index contributed by atoms with van der Waals surface area (Å²) in [5, 5.41) is 0.428. The molecule has 1 saturated carbocycles. The lowest BCUT2D eigenvalue weighted by Crippen LogP contribution is -2.10.